The van der Waals surface area contributed by atoms with E-state index in [1.54, 1.807) is 24.7 Å². The largest absolute Gasteiger partial charge is 0.417 e. The molecule has 5 rings (SSSR count). The van der Waals surface area contributed by atoms with Crippen LogP contribution in [0.5, 0.6) is 0 Å². The fraction of sp³-hybridized carbons (Fsp3) is 0.133. The van der Waals surface area contributed by atoms with E-state index in [1.807, 2.05) is 16.7 Å². The number of pyridine rings is 2. The van der Waals surface area contributed by atoms with Crippen molar-refractivity contribution in [1.82, 2.24) is 14.5 Å². The summed E-state index contributed by atoms with van der Waals surface area (Å²) in [5, 5.41) is 0.749. The summed E-state index contributed by atoms with van der Waals surface area (Å²) in [7, 11) is 0. The molecule has 1 aliphatic heterocycles. The predicted octanol–water partition coefficient (Wildman–Crippen LogP) is 2.03. The molecule has 0 N–H and O–H groups in total. The highest BCUT2D eigenvalue weighted by Crippen LogP contribution is 2.34. The van der Waals surface area contributed by atoms with Gasteiger partial charge in [0.15, 0.2) is 5.58 Å². The first kappa shape index (κ1) is 7.79. The zero-order valence-electron chi connectivity index (χ0n) is 13.4. The summed E-state index contributed by atoms with van der Waals surface area (Å²) in [4.78, 5) is 8.41. The molecule has 0 atom stereocenters. The quantitative estimate of drug-likeness (QED) is 0.403. The molecule has 0 aliphatic carbocycles. The number of fused-ring (bicyclic) bond motifs is 7. The van der Waals surface area contributed by atoms with Crippen LogP contribution in [-0.2, 0) is 13.5 Å². The molecule has 0 spiro atoms. The van der Waals surface area contributed by atoms with Gasteiger partial charge in [0.25, 0.3) is 5.82 Å². The molecule has 0 saturated heterocycles. The molecule has 5 heteroatoms. The topological polar surface area (TPSA) is 47.7 Å². The maximum atomic E-state index is 8.00. The monoisotopic (exact) mass is 266 g/mol. The molecule has 0 fully saturated rings. The Labute approximate surface area is 118 Å². The van der Waals surface area contributed by atoms with Crippen molar-refractivity contribution >= 4 is 22.2 Å². The fourth-order valence-corrected chi connectivity index (χ4v) is 2.98. The molecule has 0 saturated carbocycles. The zero-order valence-corrected chi connectivity index (χ0v) is 10.4. The Bertz CT molecular complexity index is 1090. The maximum Gasteiger partial charge on any atom is 0.339 e. The minimum atomic E-state index is -2.32. The van der Waals surface area contributed by atoms with Crippen LogP contribution in [0.15, 0.2) is 41.2 Å². The van der Waals surface area contributed by atoms with Crippen LogP contribution in [0.4, 0.5) is 0 Å². The molecule has 1 aliphatic rings. The van der Waals surface area contributed by atoms with Crippen molar-refractivity contribution in [2.45, 2.75) is 6.54 Å². The SMILES string of the molecule is [2H]C([2H])([2H])n1c2[n+](c3oc4cnccc4c31)Cc1ncccc1-2. The normalized spacial score (nSPS) is 15.9. The van der Waals surface area contributed by atoms with Crippen LogP contribution in [0.3, 0.4) is 0 Å². The molecule has 0 bridgehead atoms. The van der Waals surface area contributed by atoms with E-state index in [0.717, 1.165) is 16.6 Å². The third-order valence-electron chi connectivity index (χ3n) is 3.82. The first-order valence-corrected chi connectivity index (χ1v) is 6.31. The highest BCUT2D eigenvalue weighted by Gasteiger charge is 2.36. The lowest BCUT2D eigenvalue weighted by atomic mass is 10.2. The molecular weight excluding hydrogens is 252 g/mol. The fourth-order valence-electron chi connectivity index (χ4n) is 2.98. The van der Waals surface area contributed by atoms with E-state index >= 15 is 0 Å². The molecule has 0 amide bonds. The van der Waals surface area contributed by atoms with Gasteiger partial charge in [-0.1, -0.05) is 0 Å². The average molecular weight is 266 g/mol. The highest BCUT2D eigenvalue weighted by atomic mass is 16.3. The molecule has 5 nitrogen and oxygen atoms in total. The van der Waals surface area contributed by atoms with E-state index in [2.05, 4.69) is 9.97 Å². The lowest BCUT2D eigenvalue weighted by Gasteiger charge is -1.94. The van der Waals surface area contributed by atoms with Crippen LogP contribution in [0, 0.1) is 0 Å². The van der Waals surface area contributed by atoms with E-state index in [-0.39, 0.29) is 0 Å². The van der Waals surface area contributed by atoms with Crippen molar-refractivity contribution in [3.8, 4) is 11.4 Å². The van der Waals surface area contributed by atoms with Crippen LogP contribution in [0.1, 0.15) is 9.81 Å². The van der Waals surface area contributed by atoms with Crippen molar-refractivity contribution in [3.63, 3.8) is 0 Å². The van der Waals surface area contributed by atoms with Gasteiger partial charge in [0.2, 0.25) is 5.52 Å². The molecule has 20 heavy (non-hydrogen) atoms. The maximum absolute atomic E-state index is 8.00. The van der Waals surface area contributed by atoms with Gasteiger partial charge in [0.05, 0.1) is 33.9 Å². The van der Waals surface area contributed by atoms with Gasteiger partial charge in [-0.25, -0.2) is 4.57 Å². The lowest BCUT2D eigenvalue weighted by molar-refractivity contribution is -0.652. The molecule has 0 radical (unpaired) electrons. The molecule has 4 aromatic heterocycles. The summed E-state index contributed by atoms with van der Waals surface area (Å²) in [5.74, 6) is 0.612. The Morgan fingerprint density at radius 2 is 2.40 bits per heavy atom. The van der Waals surface area contributed by atoms with Gasteiger partial charge >= 0.3 is 5.71 Å². The summed E-state index contributed by atoms with van der Waals surface area (Å²) in [5.41, 5.74) is 3.37. The molecule has 5 heterocycles. The molecule has 4 aromatic rings. The van der Waals surface area contributed by atoms with Crippen molar-refractivity contribution in [3.05, 3.63) is 42.5 Å². The Morgan fingerprint density at radius 3 is 3.35 bits per heavy atom. The minimum Gasteiger partial charge on any atom is -0.417 e. The van der Waals surface area contributed by atoms with Gasteiger partial charge in [0.1, 0.15) is 6.54 Å². The number of nitrogens with zero attached hydrogens (tertiary/aromatic N) is 4. The number of aryl methyl sites for hydroxylation is 1. The smallest absolute Gasteiger partial charge is 0.339 e. The summed E-state index contributed by atoms with van der Waals surface area (Å²) in [6.07, 6.45) is 4.95. The Balaban J connectivity index is 2.01. The standard InChI is InChI=1S/C15H11N4O/c1-18-13-10-4-6-16-7-12(10)20-15(13)19-8-11-9(14(18)19)3-2-5-17-11/h2-7H,8H2,1H3/q+1/i1D3. The molecule has 0 aromatic carbocycles. The van der Waals surface area contributed by atoms with E-state index < -0.39 is 6.98 Å². The van der Waals surface area contributed by atoms with Gasteiger partial charge in [-0.05, 0) is 18.2 Å². The Kier molecular flexibility index (Phi) is 1.27. The van der Waals surface area contributed by atoms with Crippen molar-refractivity contribution < 1.29 is 13.1 Å². The van der Waals surface area contributed by atoms with Gasteiger partial charge in [-0.2, -0.15) is 4.57 Å². The third-order valence-corrected chi connectivity index (χ3v) is 3.82. The number of imidazole rings is 1. The number of furan rings is 1. The summed E-state index contributed by atoms with van der Waals surface area (Å²) < 4.78 is 33.2. The van der Waals surface area contributed by atoms with E-state index in [1.165, 1.54) is 4.57 Å². The molecule has 0 unspecified atom stereocenters. The second-order valence-corrected chi connectivity index (χ2v) is 4.87. The Hall–Kier alpha value is -2.69. The van der Waals surface area contributed by atoms with Crippen molar-refractivity contribution in [2.75, 3.05) is 0 Å². The van der Waals surface area contributed by atoms with Crippen LogP contribution in [-0.4, -0.2) is 14.5 Å². The van der Waals surface area contributed by atoms with Gasteiger partial charge in [0, 0.05) is 12.4 Å². The van der Waals surface area contributed by atoms with Crippen molar-refractivity contribution in [1.29, 1.82) is 0 Å². The van der Waals surface area contributed by atoms with Gasteiger partial charge < -0.3 is 4.42 Å². The summed E-state index contributed by atoms with van der Waals surface area (Å²) in [6.45, 7) is -1.82. The molecule has 96 valence electrons. The highest BCUT2D eigenvalue weighted by molar-refractivity contribution is 6.01. The number of rotatable bonds is 0. The second kappa shape index (κ2) is 3.25. The Morgan fingerprint density at radius 1 is 1.40 bits per heavy atom. The molecular formula is C15H11N4O+. The summed E-state index contributed by atoms with van der Waals surface area (Å²) in [6, 6.07) is 5.49. The number of aromatic nitrogens is 4. The zero-order chi connectivity index (χ0) is 15.8. The van der Waals surface area contributed by atoms with Crippen LogP contribution in [0.25, 0.3) is 33.6 Å². The van der Waals surface area contributed by atoms with E-state index in [0.29, 0.717) is 29.2 Å². The first-order valence-electron chi connectivity index (χ1n) is 7.81. The van der Waals surface area contributed by atoms with Crippen LogP contribution in [0.2, 0.25) is 0 Å². The number of hydrogen-bond acceptors (Lipinski definition) is 3. The third kappa shape index (κ3) is 1.02. The summed E-state index contributed by atoms with van der Waals surface area (Å²) >= 11 is 0. The average Bonchev–Trinajstić information content (AvgIpc) is 3.13. The van der Waals surface area contributed by atoms with Gasteiger partial charge in [-0.3, -0.25) is 9.97 Å². The van der Waals surface area contributed by atoms with Crippen molar-refractivity contribution in [2.24, 2.45) is 6.98 Å². The van der Waals surface area contributed by atoms with Gasteiger partial charge in [-0.15, -0.1) is 0 Å². The van der Waals surface area contributed by atoms with E-state index in [9.17, 15) is 0 Å². The van der Waals surface area contributed by atoms with E-state index in [4.69, 9.17) is 8.53 Å². The lowest BCUT2D eigenvalue weighted by Crippen LogP contribution is -2.31. The number of hydrogen-bond donors (Lipinski definition) is 0. The predicted molar refractivity (Wildman–Crippen MR) is 73.0 cm³/mol. The van der Waals surface area contributed by atoms with Crippen LogP contribution < -0.4 is 4.57 Å². The first-order chi connectivity index (χ1) is 11.1. The second-order valence-electron chi connectivity index (χ2n) is 4.87. The van der Waals surface area contributed by atoms with Crippen LogP contribution >= 0.6 is 0 Å². The minimum absolute atomic E-state index is 0.498.